The summed E-state index contributed by atoms with van der Waals surface area (Å²) in [6, 6.07) is 36.4. The Labute approximate surface area is 288 Å². The van der Waals surface area contributed by atoms with Gasteiger partial charge in [0.15, 0.2) is 0 Å². The van der Waals surface area contributed by atoms with Gasteiger partial charge >= 0.3 is 25.3 Å². The van der Waals surface area contributed by atoms with Crippen molar-refractivity contribution in [3.05, 3.63) is 189 Å². The number of benzene rings is 2. The van der Waals surface area contributed by atoms with E-state index < -0.39 is 25.3 Å². The van der Waals surface area contributed by atoms with Crippen LogP contribution in [0.5, 0.6) is 17.2 Å². The van der Waals surface area contributed by atoms with E-state index in [0.29, 0.717) is 11.5 Å². The topological polar surface area (TPSA) is 57.3 Å². The van der Waals surface area contributed by atoms with Crippen molar-refractivity contribution >= 4 is 25.3 Å². The minimum atomic E-state index is -1.33. The molecule has 0 aliphatic heterocycles. The molecule has 2 aromatic carbocycles. The van der Waals surface area contributed by atoms with Gasteiger partial charge in [-0.3, -0.25) is 26.0 Å². The van der Waals surface area contributed by atoms with Crippen LogP contribution in [0.25, 0.3) is 11.1 Å². The molecule has 6 heterocycles. The Morgan fingerprint density at radius 1 is 0.327 bits per heavy atom. The fourth-order valence-electron chi connectivity index (χ4n) is 5.49. The molecule has 0 saturated carbocycles. The molecule has 0 aliphatic rings. The summed E-state index contributed by atoms with van der Waals surface area (Å²) in [4.78, 5) is 0. The van der Waals surface area contributed by atoms with Crippen molar-refractivity contribution in [1.82, 2.24) is 26.0 Å². The van der Waals surface area contributed by atoms with Crippen molar-refractivity contribution in [2.24, 2.45) is 0 Å². The van der Waals surface area contributed by atoms with E-state index in [1.54, 1.807) is 0 Å². The average Bonchev–Trinajstić information content (AvgIpc) is 3.98. The first kappa shape index (κ1) is 31.1. The Morgan fingerprint density at radius 2 is 0.571 bits per heavy atom. The minimum absolute atomic E-state index is 0.686. The van der Waals surface area contributed by atoms with Gasteiger partial charge in [0.25, 0.3) is 0 Å². The Kier molecular flexibility index (Phi) is 8.96. The molecule has 6 aromatic heterocycles. The SMILES string of the molecule is Cc1cccc(OP(n2cccc2)n2cccc2)c1-c1c(OP(n2cccc2)n2cccc2)cccc1OP(n1cccc1)n1cccc1. The highest BCUT2D eigenvalue weighted by molar-refractivity contribution is 7.50. The molecule has 49 heavy (non-hydrogen) atoms. The molecule has 0 bridgehead atoms. The van der Waals surface area contributed by atoms with Crippen molar-refractivity contribution in [3.8, 4) is 28.4 Å². The van der Waals surface area contributed by atoms with E-state index in [1.165, 1.54) is 0 Å². The zero-order valence-electron chi connectivity index (χ0n) is 26.6. The molecule has 9 nitrogen and oxygen atoms in total. The van der Waals surface area contributed by atoms with Crippen LogP contribution in [0.4, 0.5) is 0 Å². The summed E-state index contributed by atoms with van der Waals surface area (Å²) in [5, 5.41) is 0. The number of rotatable bonds is 13. The zero-order chi connectivity index (χ0) is 33.0. The largest absolute Gasteiger partial charge is 0.435 e. The Balaban J connectivity index is 1.30. The third kappa shape index (κ3) is 6.49. The molecule has 0 saturated heterocycles. The lowest BCUT2D eigenvalue weighted by Gasteiger charge is -2.27. The second-order valence-corrected chi connectivity index (χ2v) is 15.8. The molecule has 8 rings (SSSR count). The van der Waals surface area contributed by atoms with E-state index >= 15 is 0 Å². The molecular formula is C37H33N6O3P3. The van der Waals surface area contributed by atoms with E-state index in [-0.39, 0.29) is 0 Å². The van der Waals surface area contributed by atoms with Crippen molar-refractivity contribution in [3.63, 3.8) is 0 Å². The van der Waals surface area contributed by atoms with Gasteiger partial charge in [0.1, 0.15) is 17.2 Å². The summed E-state index contributed by atoms with van der Waals surface area (Å²) in [6.45, 7) is 2.11. The van der Waals surface area contributed by atoms with Crippen LogP contribution in [0.1, 0.15) is 5.56 Å². The standard InChI is InChI=1S/C37H33N6O3P3/c1-32-16-14-17-33(44-47(38-20-2-3-21-38)39-22-4-5-23-39)36(32)37-34(45-48(40-24-6-7-25-40)41-26-8-9-27-41)18-15-19-35(37)46-49(42-28-10-11-29-42)43-30-12-13-31-43/h2-31H,1H3. The highest BCUT2D eigenvalue weighted by Gasteiger charge is 2.28. The third-order valence-corrected chi connectivity index (χ3v) is 12.8. The number of hydrogen-bond donors (Lipinski definition) is 0. The number of aryl methyl sites for hydroxylation is 1. The lowest BCUT2D eigenvalue weighted by molar-refractivity contribution is 0.566. The van der Waals surface area contributed by atoms with Crippen LogP contribution in [0.15, 0.2) is 184 Å². The molecule has 0 radical (unpaired) electrons. The molecule has 0 unspecified atom stereocenters. The highest BCUT2D eigenvalue weighted by Crippen LogP contribution is 2.55. The van der Waals surface area contributed by atoms with Crippen LogP contribution in [0.2, 0.25) is 0 Å². The van der Waals surface area contributed by atoms with Gasteiger partial charge in [-0.05, 0) is 103 Å². The highest BCUT2D eigenvalue weighted by atomic mass is 31.2. The van der Waals surface area contributed by atoms with E-state index in [9.17, 15) is 0 Å². The van der Waals surface area contributed by atoms with Crippen LogP contribution in [0.3, 0.4) is 0 Å². The van der Waals surface area contributed by atoms with Gasteiger partial charge in [0, 0.05) is 79.9 Å². The van der Waals surface area contributed by atoms with Crippen molar-refractivity contribution in [2.45, 2.75) is 6.92 Å². The summed E-state index contributed by atoms with van der Waals surface area (Å²) >= 11 is 0. The monoisotopic (exact) mass is 702 g/mol. The maximum absolute atomic E-state index is 7.10. The number of nitrogens with zero attached hydrogens (tertiary/aromatic N) is 6. The normalized spacial score (nSPS) is 11.5. The van der Waals surface area contributed by atoms with Crippen LogP contribution >= 0.6 is 25.3 Å². The third-order valence-electron chi connectivity index (χ3n) is 7.73. The summed E-state index contributed by atoms with van der Waals surface area (Å²) in [7, 11) is -3.97. The smallest absolute Gasteiger partial charge is 0.317 e. The molecule has 0 aliphatic carbocycles. The summed E-state index contributed by atoms with van der Waals surface area (Å²) in [5.41, 5.74) is 2.76. The van der Waals surface area contributed by atoms with Gasteiger partial charge < -0.3 is 13.6 Å². The molecule has 12 heteroatoms. The van der Waals surface area contributed by atoms with Gasteiger partial charge in [0.05, 0.1) is 5.56 Å². The number of aromatic nitrogens is 6. The van der Waals surface area contributed by atoms with Gasteiger partial charge in [0.2, 0.25) is 0 Å². The quantitative estimate of drug-likeness (QED) is 0.112. The van der Waals surface area contributed by atoms with Gasteiger partial charge in [-0.15, -0.1) is 0 Å². The van der Waals surface area contributed by atoms with Crippen LogP contribution < -0.4 is 13.6 Å². The summed E-state index contributed by atoms with van der Waals surface area (Å²) < 4.78 is 33.9. The van der Waals surface area contributed by atoms with E-state index in [1.807, 2.05) is 177 Å². The molecule has 0 atom stereocenters. The minimum Gasteiger partial charge on any atom is -0.435 e. The maximum atomic E-state index is 7.10. The molecule has 0 fully saturated rings. The van der Waals surface area contributed by atoms with Crippen molar-refractivity contribution in [1.29, 1.82) is 0 Å². The summed E-state index contributed by atoms with van der Waals surface area (Å²) in [6.07, 6.45) is 24.4. The average molecular weight is 703 g/mol. The van der Waals surface area contributed by atoms with Gasteiger partial charge in [-0.25, -0.2) is 0 Å². The molecule has 0 spiro atoms. The Hall–Kier alpha value is -5.19. The first-order valence-electron chi connectivity index (χ1n) is 15.7. The lowest BCUT2D eigenvalue weighted by atomic mass is 9.98. The van der Waals surface area contributed by atoms with Crippen LogP contribution in [-0.2, 0) is 0 Å². The predicted molar refractivity (Wildman–Crippen MR) is 198 cm³/mol. The van der Waals surface area contributed by atoms with E-state index in [0.717, 1.165) is 22.4 Å². The molecule has 0 N–H and O–H groups in total. The first-order chi connectivity index (χ1) is 24.2. The van der Waals surface area contributed by atoms with Gasteiger partial charge in [-0.1, -0.05) is 18.2 Å². The fraction of sp³-hybridized carbons (Fsp3) is 0.0270. The predicted octanol–water partition coefficient (Wildman–Crippen LogP) is 10.6. The van der Waals surface area contributed by atoms with Gasteiger partial charge in [-0.2, -0.15) is 0 Å². The van der Waals surface area contributed by atoms with E-state index in [2.05, 4.69) is 39.0 Å². The van der Waals surface area contributed by atoms with Crippen molar-refractivity contribution in [2.75, 3.05) is 0 Å². The Bertz CT molecular complexity index is 1980. The molecule has 8 aromatic rings. The fourth-order valence-corrected chi connectivity index (χ4v) is 10.0. The first-order valence-corrected chi connectivity index (χ1v) is 19.2. The maximum Gasteiger partial charge on any atom is 0.317 e. The van der Waals surface area contributed by atoms with Crippen LogP contribution in [0, 0.1) is 6.92 Å². The summed E-state index contributed by atoms with van der Waals surface area (Å²) in [5.74, 6) is 2.10. The van der Waals surface area contributed by atoms with E-state index in [4.69, 9.17) is 13.6 Å². The Morgan fingerprint density at radius 3 is 0.857 bits per heavy atom. The molecule has 244 valence electrons. The second kappa shape index (κ2) is 14.1. The van der Waals surface area contributed by atoms with Crippen LogP contribution in [-0.4, -0.2) is 26.0 Å². The second-order valence-electron chi connectivity index (χ2n) is 11.0. The number of hydrogen-bond acceptors (Lipinski definition) is 3. The lowest BCUT2D eigenvalue weighted by Crippen LogP contribution is -2.08. The molecule has 0 amide bonds. The molecular weight excluding hydrogens is 669 g/mol. The van der Waals surface area contributed by atoms with Crippen molar-refractivity contribution < 1.29 is 13.6 Å². The zero-order valence-corrected chi connectivity index (χ0v) is 29.3.